The highest BCUT2D eigenvalue weighted by Gasteiger charge is 2.15. The molecule has 5 heteroatoms. The molecule has 0 N–H and O–H groups in total. The van der Waals surface area contributed by atoms with E-state index in [4.69, 9.17) is 0 Å². The van der Waals surface area contributed by atoms with Crippen LogP contribution in [-0.2, 0) is 6.42 Å². The summed E-state index contributed by atoms with van der Waals surface area (Å²) in [7, 11) is 1.86. The Morgan fingerprint density at radius 1 is 1.50 bits per heavy atom. The van der Waals surface area contributed by atoms with Crippen molar-refractivity contribution in [2.24, 2.45) is 0 Å². The Balaban J connectivity index is 1.96. The molecule has 0 aromatic carbocycles. The van der Waals surface area contributed by atoms with Gasteiger partial charge in [0.15, 0.2) is 0 Å². The Hall–Kier alpha value is -0.650. The number of carbonyl (C=O) groups is 1. The molecule has 96 valence electrons. The zero-order chi connectivity index (χ0) is 13.1. The molecule has 0 aliphatic heterocycles. The predicted octanol–water partition coefficient (Wildman–Crippen LogP) is 4.20. The first kappa shape index (κ1) is 13.8. The van der Waals surface area contributed by atoms with Gasteiger partial charge in [0.1, 0.15) is 0 Å². The van der Waals surface area contributed by atoms with Gasteiger partial charge in [0.2, 0.25) is 0 Å². The van der Waals surface area contributed by atoms with Crippen LogP contribution in [0.2, 0.25) is 0 Å². The van der Waals surface area contributed by atoms with E-state index >= 15 is 0 Å². The lowest BCUT2D eigenvalue weighted by molar-refractivity contribution is 0.0801. The first-order chi connectivity index (χ1) is 8.58. The van der Waals surface area contributed by atoms with Crippen LogP contribution in [0.1, 0.15) is 20.1 Å². The number of hydrogen-bond donors (Lipinski definition) is 0. The van der Waals surface area contributed by atoms with Crippen molar-refractivity contribution in [2.75, 3.05) is 13.6 Å². The minimum absolute atomic E-state index is 0.102. The van der Waals surface area contributed by atoms with Crippen LogP contribution < -0.4 is 0 Å². The zero-order valence-corrected chi connectivity index (χ0v) is 13.5. The predicted molar refractivity (Wildman–Crippen MR) is 81.7 cm³/mol. The van der Waals surface area contributed by atoms with Crippen molar-refractivity contribution in [3.63, 3.8) is 0 Å². The van der Waals surface area contributed by atoms with Crippen LogP contribution in [0.25, 0.3) is 0 Å². The number of aryl methyl sites for hydroxylation is 1. The van der Waals surface area contributed by atoms with Crippen molar-refractivity contribution in [1.29, 1.82) is 0 Å². The lowest BCUT2D eigenvalue weighted by atomic mass is 10.3. The summed E-state index contributed by atoms with van der Waals surface area (Å²) in [6.07, 6.45) is 0.922. The maximum Gasteiger partial charge on any atom is 0.263 e. The lowest BCUT2D eigenvalue weighted by Crippen LogP contribution is -2.28. The van der Waals surface area contributed by atoms with E-state index in [1.807, 2.05) is 26.1 Å². The van der Waals surface area contributed by atoms with Crippen LogP contribution in [0.15, 0.2) is 27.4 Å². The van der Waals surface area contributed by atoms with E-state index in [0.717, 1.165) is 27.2 Å². The van der Waals surface area contributed by atoms with Gasteiger partial charge in [-0.05, 0) is 52.4 Å². The maximum absolute atomic E-state index is 12.2. The van der Waals surface area contributed by atoms with Gasteiger partial charge in [0.25, 0.3) is 5.91 Å². The highest BCUT2D eigenvalue weighted by Crippen LogP contribution is 2.28. The van der Waals surface area contributed by atoms with Crippen LogP contribution >= 0.6 is 38.6 Å². The maximum atomic E-state index is 12.2. The van der Waals surface area contributed by atoms with E-state index in [0.29, 0.717) is 0 Å². The average molecular weight is 344 g/mol. The van der Waals surface area contributed by atoms with Gasteiger partial charge in [-0.15, -0.1) is 22.7 Å². The van der Waals surface area contributed by atoms with Crippen LogP contribution in [0, 0.1) is 6.92 Å². The molecular weight excluding hydrogens is 330 g/mol. The van der Waals surface area contributed by atoms with Crippen LogP contribution in [0.4, 0.5) is 0 Å². The molecule has 0 aliphatic rings. The third-order valence-corrected chi connectivity index (χ3v) is 5.75. The molecule has 0 saturated carbocycles. The molecule has 1 amide bonds. The number of thiophene rings is 2. The Labute approximate surface area is 123 Å². The van der Waals surface area contributed by atoms with E-state index in [9.17, 15) is 4.79 Å². The summed E-state index contributed by atoms with van der Waals surface area (Å²) in [6, 6.07) is 6.09. The number of nitrogens with zero attached hydrogens (tertiary/aromatic N) is 1. The molecule has 2 rings (SSSR count). The Morgan fingerprint density at radius 2 is 2.28 bits per heavy atom. The van der Waals surface area contributed by atoms with Gasteiger partial charge in [-0.1, -0.05) is 6.07 Å². The molecule has 0 radical (unpaired) electrons. The number of halogens is 1. The second-order valence-corrected chi connectivity index (χ2v) is 7.53. The van der Waals surface area contributed by atoms with Gasteiger partial charge in [-0.2, -0.15) is 0 Å². The van der Waals surface area contributed by atoms with Crippen molar-refractivity contribution in [3.8, 4) is 0 Å². The van der Waals surface area contributed by atoms with Crippen molar-refractivity contribution >= 4 is 44.5 Å². The fourth-order valence-corrected chi connectivity index (χ4v) is 3.82. The summed E-state index contributed by atoms with van der Waals surface area (Å²) in [5, 5.41) is 2.07. The highest BCUT2D eigenvalue weighted by atomic mass is 79.9. The van der Waals surface area contributed by atoms with Crippen molar-refractivity contribution < 1.29 is 4.79 Å². The molecule has 0 unspecified atom stereocenters. The third kappa shape index (κ3) is 3.22. The molecule has 2 heterocycles. The second kappa shape index (κ2) is 5.99. The van der Waals surface area contributed by atoms with Crippen LogP contribution in [0.5, 0.6) is 0 Å². The molecule has 0 saturated heterocycles. The van der Waals surface area contributed by atoms with E-state index in [2.05, 4.69) is 27.4 Å². The number of carbonyl (C=O) groups excluding carboxylic acids is 1. The summed E-state index contributed by atoms with van der Waals surface area (Å²) >= 11 is 6.69. The molecule has 0 spiro atoms. The van der Waals surface area contributed by atoms with Crippen LogP contribution in [0.3, 0.4) is 0 Å². The number of hydrogen-bond acceptors (Lipinski definition) is 3. The van der Waals surface area contributed by atoms with E-state index in [1.165, 1.54) is 16.2 Å². The lowest BCUT2D eigenvalue weighted by Gasteiger charge is -2.15. The van der Waals surface area contributed by atoms with Gasteiger partial charge in [0.05, 0.1) is 8.66 Å². The second-order valence-electron chi connectivity index (χ2n) is 4.12. The van der Waals surface area contributed by atoms with Crippen molar-refractivity contribution in [3.05, 3.63) is 42.7 Å². The molecule has 0 fully saturated rings. The standard InChI is InChI=1S/C13H14BrNOS2/c1-9-8-11(18-12(9)14)13(16)15(2)6-5-10-4-3-7-17-10/h3-4,7-8H,5-6H2,1-2H3. The van der Waals surface area contributed by atoms with Gasteiger partial charge in [0, 0.05) is 18.5 Å². The van der Waals surface area contributed by atoms with Gasteiger partial charge in [-0.3, -0.25) is 4.79 Å². The first-order valence-corrected chi connectivity index (χ1v) is 8.10. The molecule has 2 aromatic rings. The molecule has 0 bridgehead atoms. The summed E-state index contributed by atoms with van der Waals surface area (Å²) in [5.74, 6) is 0.102. The Morgan fingerprint density at radius 3 is 2.83 bits per heavy atom. The van der Waals surface area contributed by atoms with Crippen molar-refractivity contribution in [2.45, 2.75) is 13.3 Å². The number of likely N-dealkylation sites (N-methyl/N-ethyl adjacent to an activating group) is 1. The number of amides is 1. The first-order valence-electron chi connectivity index (χ1n) is 5.61. The summed E-state index contributed by atoms with van der Waals surface area (Å²) < 4.78 is 1.04. The molecule has 2 aromatic heterocycles. The minimum atomic E-state index is 0.102. The summed E-state index contributed by atoms with van der Waals surface area (Å²) in [5.41, 5.74) is 1.12. The van der Waals surface area contributed by atoms with Gasteiger partial charge >= 0.3 is 0 Å². The average Bonchev–Trinajstić information content (AvgIpc) is 2.96. The fraction of sp³-hybridized carbons (Fsp3) is 0.308. The summed E-state index contributed by atoms with van der Waals surface area (Å²) in [4.78, 5) is 16.1. The highest BCUT2D eigenvalue weighted by molar-refractivity contribution is 9.11. The fourth-order valence-electron chi connectivity index (χ4n) is 1.59. The monoisotopic (exact) mass is 343 g/mol. The molecule has 2 nitrogen and oxygen atoms in total. The van der Waals surface area contributed by atoms with E-state index in [1.54, 1.807) is 16.2 Å². The Bertz CT molecular complexity index is 514. The molecular formula is C13H14BrNOS2. The van der Waals surface area contributed by atoms with Crippen LogP contribution in [-0.4, -0.2) is 24.4 Å². The van der Waals surface area contributed by atoms with Crippen molar-refractivity contribution in [1.82, 2.24) is 4.90 Å². The largest absolute Gasteiger partial charge is 0.341 e. The van der Waals surface area contributed by atoms with E-state index < -0.39 is 0 Å². The van der Waals surface area contributed by atoms with E-state index in [-0.39, 0.29) is 5.91 Å². The van der Waals surface area contributed by atoms with Gasteiger partial charge in [-0.25, -0.2) is 0 Å². The summed E-state index contributed by atoms with van der Waals surface area (Å²) in [6.45, 7) is 2.76. The number of rotatable bonds is 4. The molecule has 18 heavy (non-hydrogen) atoms. The van der Waals surface area contributed by atoms with Gasteiger partial charge < -0.3 is 4.90 Å². The zero-order valence-electron chi connectivity index (χ0n) is 10.3. The smallest absolute Gasteiger partial charge is 0.263 e. The molecule has 0 aliphatic carbocycles. The Kier molecular flexibility index (Phi) is 4.59. The SMILES string of the molecule is Cc1cc(C(=O)N(C)CCc2cccs2)sc1Br. The quantitative estimate of drug-likeness (QED) is 0.814. The molecule has 0 atom stereocenters. The minimum Gasteiger partial charge on any atom is -0.341 e. The normalized spacial score (nSPS) is 10.6. The third-order valence-electron chi connectivity index (χ3n) is 2.69. The topological polar surface area (TPSA) is 20.3 Å².